The molecule has 0 aromatic heterocycles. The van der Waals surface area contributed by atoms with Gasteiger partial charge in [0, 0.05) is 18.2 Å². The van der Waals surface area contributed by atoms with Gasteiger partial charge in [0.25, 0.3) is 5.69 Å². The number of hydrogen-bond acceptors (Lipinski definition) is 3. The van der Waals surface area contributed by atoms with Crippen molar-refractivity contribution < 1.29 is 13.7 Å². The van der Waals surface area contributed by atoms with Gasteiger partial charge in [-0.2, -0.15) is 0 Å². The van der Waals surface area contributed by atoms with Crippen molar-refractivity contribution in [2.75, 3.05) is 5.32 Å². The first kappa shape index (κ1) is 14.9. The molecule has 6 heteroatoms. The number of non-ortho nitro benzene ring substituents is 1. The number of nitro benzene ring substituents is 1. The summed E-state index contributed by atoms with van der Waals surface area (Å²) >= 11 is 0. The summed E-state index contributed by atoms with van der Waals surface area (Å²) in [5.74, 6) is -0.865. The molecule has 110 valence electrons. The highest BCUT2D eigenvalue weighted by Crippen LogP contribution is 2.22. The lowest BCUT2D eigenvalue weighted by atomic mass is 10.1. The zero-order chi connectivity index (χ0) is 15.4. The summed E-state index contributed by atoms with van der Waals surface area (Å²) in [5, 5.41) is 13.6. The van der Waals surface area contributed by atoms with Crippen molar-refractivity contribution in [2.24, 2.45) is 0 Å². The molecule has 4 nitrogen and oxygen atoms in total. The summed E-state index contributed by atoms with van der Waals surface area (Å²) in [6.45, 7) is 1.82. The lowest BCUT2D eigenvalue weighted by Gasteiger charge is -2.15. The van der Waals surface area contributed by atoms with Gasteiger partial charge in [0.15, 0.2) is 0 Å². The van der Waals surface area contributed by atoms with Crippen LogP contribution in [-0.2, 0) is 6.42 Å². The molecule has 0 spiro atoms. The van der Waals surface area contributed by atoms with Crippen LogP contribution in [0, 0.1) is 21.7 Å². The minimum Gasteiger partial charge on any atom is -0.380 e. The van der Waals surface area contributed by atoms with E-state index >= 15 is 0 Å². The van der Waals surface area contributed by atoms with Crippen LogP contribution >= 0.6 is 0 Å². The number of nitro groups is 1. The van der Waals surface area contributed by atoms with Gasteiger partial charge in [0.1, 0.15) is 11.6 Å². The zero-order valence-electron chi connectivity index (χ0n) is 11.3. The van der Waals surface area contributed by atoms with Gasteiger partial charge >= 0.3 is 0 Å². The van der Waals surface area contributed by atoms with Gasteiger partial charge in [0.05, 0.1) is 10.6 Å². The van der Waals surface area contributed by atoms with Crippen molar-refractivity contribution in [1.29, 1.82) is 0 Å². The van der Waals surface area contributed by atoms with E-state index in [9.17, 15) is 18.9 Å². The van der Waals surface area contributed by atoms with Crippen LogP contribution < -0.4 is 5.32 Å². The van der Waals surface area contributed by atoms with E-state index < -0.39 is 10.7 Å². The molecule has 21 heavy (non-hydrogen) atoms. The first-order valence-electron chi connectivity index (χ1n) is 6.40. The average Bonchev–Trinajstić information content (AvgIpc) is 2.43. The van der Waals surface area contributed by atoms with Gasteiger partial charge in [-0.05, 0) is 37.1 Å². The van der Waals surface area contributed by atoms with Crippen LogP contribution in [0.1, 0.15) is 12.5 Å². The smallest absolute Gasteiger partial charge is 0.271 e. The molecule has 0 saturated heterocycles. The summed E-state index contributed by atoms with van der Waals surface area (Å²) in [6, 6.07) is 9.19. The van der Waals surface area contributed by atoms with Gasteiger partial charge in [-0.3, -0.25) is 10.1 Å². The van der Waals surface area contributed by atoms with Crippen molar-refractivity contribution in [3.05, 3.63) is 69.8 Å². The molecule has 0 amide bonds. The molecule has 0 aliphatic rings. The monoisotopic (exact) mass is 292 g/mol. The topological polar surface area (TPSA) is 55.2 Å². The highest BCUT2D eigenvalue weighted by Gasteiger charge is 2.13. The molecule has 0 saturated carbocycles. The second kappa shape index (κ2) is 6.30. The van der Waals surface area contributed by atoms with Crippen LogP contribution in [0.5, 0.6) is 0 Å². The summed E-state index contributed by atoms with van der Waals surface area (Å²) < 4.78 is 26.5. The van der Waals surface area contributed by atoms with E-state index in [2.05, 4.69) is 5.32 Å². The van der Waals surface area contributed by atoms with E-state index in [1.54, 1.807) is 12.1 Å². The Labute approximate surface area is 120 Å². The summed E-state index contributed by atoms with van der Waals surface area (Å²) in [6.07, 6.45) is 0.544. The third-order valence-electron chi connectivity index (χ3n) is 3.02. The summed E-state index contributed by atoms with van der Waals surface area (Å²) in [7, 11) is 0. The minimum atomic E-state index is -0.574. The Kier molecular flexibility index (Phi) is 4.47. The molecule has 1 N–H and O–H groups in total. The van der Waals surface area contributed by atoms with Crippen molar-refractivity contribution in [1.82, 2.24) is 0 Å². The number of halogens is 2. The average molecular weight is 292 g/mol. The van der Waals surface area contributed by atoms with Crippen LogP contribution in [0.15, 0.2) is 42.5 Å². The molecule has 2 aromatic rings. The fourth-order valence-electron chi connectivity index (χ4n) is 2.03. The van der Waals surface area contributed by atoms with E-state index in [1.165, 1.54) is 12.1 Å². The lowest BCUT2D eigenvalue weighted by Crippen LogP contribution is -2.19. The Balaban J connectivity index is 2.08. The minimum absolute atomic E-state index is 0.0822. The molecule has 1 unspecified atom stereocenters. The van der Waals surface area contributed by atoms with Crippen LogP contribution in [0.4, 0.5) is 20.2 Å². The molecule has 0 aliphatic heterocycles. The Morgan fingerprint density at radius 2 is 1.86 bits per heavy atom. The number of nitrogens with one attached hydrogen (secondary N) is 1. The maximum atomic E-state index is 13.7. The maximum absolute atomic E-state index is 13.7. The lowest BCUT2D eigenvalue weighted by molar-refractivity contribution is -0.384. The predicted molar refractivity (Wildman–Crippen MR) is 76.2 cm³/mol. The predicted octanol–water partition coefficient (Wildman–Crippen LogP) is 3.92. The highest BCUT2D eigenvalue weighted by atomic mass is 19.1. The van der Waals surface area contributed by atoms with Gasteiger partial charge in [-0.25, -0.2) is 8.78 Å². The Bertz CT molecular complexity index is 645. The van der Waals surface area contributed by atoms with Gasteiger partial charge in [-0.1, -0.05) is 12.1 Å². The van der Waals surface area contributed by atoms with Crippen molar-refractivity contribution in [3.63, 3.8) is 0 Å². The Morgan fingerprint density at radius 1 is 1.19 bits per heavy atom. The van der Waals surface area contributed by atoms with E-state index in [4.69, 9.17) is 0 Å². The third kappa shape index (κ3) is 3.98. The summed E-state index contributed by atoms with van der Waals surface area (Å²) in [4.78, 5) is 10.1. The molecule has 0 heterocycles. The maximum Gasteiger partial charge on any atom is 0.271 e. The van der Waals surface area contributed by atoms with Crippen LogP contribution in [0.2, 0.25) is 0 Å². The number of anilines is 1. The Morgan fingerprint density at radius 3 is 2.48 bits per heavy atom. The Hall–Kier alpha value is -2.50. The van der Waals surface area contributed by atoms with Gasteiger partial charge < -0.3 is 5.32 Å². The molecular formula is C15H14F2N2O2. The number of nitrogens with zero attached hydrogens (tertiary/aromatic N) is 1. The highest BCUT2D eigenvalue weighted by molar-refractivity contribution is 5.52. The number of rotatable bonds is 5. The quantitative estimate of drug-likeness (QED) is 0.671. The van der Waals surface area contributed by atoms with Crippen molar-refractivity contribution >= 4 is 11.4 Å². The second-order valence-electron chi connectivity index (χ2n) is 4.80. The molecule has 2 rings (SSSR count). The fourth-order valence-corrected chi connectivity index (χ4v) is 2.03. The van der Waals surface area contributed by atoms with Crippen LogP contribution in [0.3, 0.4) is 0 Å². The number of benzene rings is 2. The first-order chi connectivity index (χ1) is 9.95. The van der Waals surface area contributed by atoms with Crippen molar-refractivity contribution in [2.45, 2.75) is 19.4 Å². The van der Waals surface area contributed by atoms with Crippen LogP contribution in [0.25, 0.3) is 0 Å². The molecule has 1 atom stereocenters. The molecule has 0 aliphatic carbocycles. The second-order valence-corrected chi connectivity index (χ2v) is 4.80. The first-order valence-corrected chi connectivity index (χ1v) is 6.40. The molecule has 0 radical (unpaired) electrons. The molecular weight excluding hydrogens is 278 g/mol. The SMILES string of the molecule is CC(Cc1ccc(F)cc1)Nc1cc([N+](=O)[O-])ccc1F. The van der Waals surface area contributed by atoms with E-state index in [0.717, 1.165) is 23.8 Å². The normalized spacial score (nSPS) is 12.0. The number of hydrogen-bond donors (Lipinski definition) is 1. The van der Waals surface area contributed by atoms with Crippen LogP contribution in [-0.4, -0.2) is 11.0 Å². The third-order valence-corrected chi connectivity index (χ3v) is 3.02. The van der Waals surface area contributed by atoms with E-state index in [1.807, 2.05) is 6.92 Å². The molecule has 2 aromatic carbocycles. The largest absolute Gasteiger partial charge is 0.380 e. The van der Waals surface area contributed by atoms with Gasteiger partial charge in [0.2, 0.25) is 0 Å². The van der Waals surface area contributed by atoms with E-state index in [-0.39, 0.29) is 23.2 Å². The fraction of sp³-hybridized carbons (Fsp3) is 0.200. The van der Waals surface area contributed by atoms with E-state index in [0.29, 0.717) is 6.42 Å². The van der Waals surface area contributed by atoms with Crippen molar-refractivity contribution in [3.8, 4) is 0 Å². The summed E-state index contributed by atoms with van der Waals surface area (Å²) in [5.41, 5.74) is 0.800. The standard InChI is InChI=1S/C15H14F2N2O2/c1-10(8-11-2-4-12(16)5-3-11)18-15-9-13(19(20)21)6-7-14(15)17/h2-7,9-10,18H,8H2,1H3. The molecule has 0 bridgehead atoms. The zero-order valence-corrected chi connectivity index (χ0v) is 11.3. The van der Waals surface area contributed by atoms with Gasteiger partial charge in [-0.15, -0.1) is 0 Å². The molecule has 0 fully saturated rings.